The van der Waals surface area contributed by atoms with Crippen molar-refractivity contribution >= 4 is 0 Å². The van der Waals surface area contributed by atoms with Crippen LogP contribution in [0.1, 0.15) is 18.2 Å². The van der Waals surface area contributed by atoms with Crippen molar-refractivity contribution in [3.63, 3.8) is 0 Å². The third-order valence-corrected chi connectivity index (χ3v) is 2.52. The Balaban J connectivity index is 2.27. The highest BCUT2D eigenvalue weighted by atomic mass is 16.5. The van der Waals surface area contributed by atoms with Gasteiger partial charge < -0.3 is 10.1 Å². The zero-order valence-corrected chi connectivity index (χ0v) is 8.05. The SMILES string of the molecule is Cc1cn[nH]c1C1(C)CNCCO1. The average molecular weight is 181 g/mol. The molecule has 2 N–H and O–H groups in total. The molecule has 1 unspecified atom stereocenters. The van der Waals surface area contributed by atoms with Crippen LogP contribution in [-0.4, -0.2) is 29.9 Å². The van der Waals surface area contributed by atoms with Gasteiger partial charge >= 0.3 is 0 Å². The topological polar surface area (TPSA) is 49.9 Å². The van der Waals surface area contributed by atoms with Gasteiger partial charge in [-0.15, -0.1) is 0 Å². The molecule has 2 rings (SSSR count). The predicted octanol–water partition coefficient (Wildman–Crippen LogP) is 0.553. The van der Waals surface area contributed by atoms with Crippen LogP contribution in [0.2, 0.25) is 0 Å². The minimum Gasteiger partial charge on any atom is -0.366 e. The summed E-state index contributed by atoms with van der Waals surface area (Å²) in [5.74, 6) is 0. The number of H-pyrrole nitrogens is 1. The molecule has 0 aliphatic carbocycles. The van der Waals surface area contributed by atoms with Crippen molar-refractivity contribution in [2.45, 2.75) is 19.4 Å². The van der Waals surface area contributed by atoms with E-state index in [0.29, 0.717) is 0 Å². The Labute approximate surface area is 77.7 Å². The molecule has 1 aromatic heterocycles. The monoisotopic (exact) mass is 181 g/mol. The lowest BCUT2D eigenvalue weighted by Crippen LogP contribution is -2.46. The van der Waals surface area contributed by atoms with Gasteiger partial charge in [-0.3, -0.25) is 5.10 Å². The van der Waals surface area contributed by atoms with Crippen molar-refractivity contribution in [2.75, 3.05) is 19.7 Å². The fraction of sp³-hybridized carbons (Fsp3) is 0.667. The van der Waals surface area contributed by atoms with Gasteiger partial charge in [-0.1, -0.05) is 0 Å². The van der Waals surface area contributed by atoms with E-state index in [2.05, 4.69) is 22.4 Å². The largest absolute Gasteiger partial charge is 0.366 e. The van der Waals surface area contributed by atoms with E-state index >= 15 is 0 Å². The quantitative estimate of drug-likeness (QED) is 0.665. The van der Waals surface area contributed by atoms with Crippen LogP contribution in [0.15, 0.2) is 6.20 Å². The van der Waals surface area contributed by atoms with Crippen molar-refractivity contribution in [2.24, 2.45) is 0 Å². The smallest absolute Gasteiger partial charge is 0.119 e. The minimum atomic E-state index is -0.237. The van der Waals surface area contributed by atoms with Crippen LogP contribution in [0.3, 0.4) is 0 Å². The van der Waals surface area contributed by atoms with Gasteiger partial charge in [0.25, 0.3) is 0 Å². The summed E-state index contributed by atoms with van der Waals surface area (Å²) in [6.07, 6.45) is 1.83. The number of morpholine rings is 1. The van der Waals surface area contributed by atoms with E-state index in [9.17, 15) is 0 Å². The maximum absolute atomic E-state index is 5.76. The zero-order valence-electron chi connectivity index (χ0n) is 8.05. The molecule has 4 heteroatoms. The molecule has 1 aromatic rings. The van der Waals surface area contributed by atoms with Crippen molar-refractivity contribution < 1.29 is 4.74 Å². The van der Waals surface area contributed by atoms with E-state index in [0.717, 1.165) is 31.0 Å². The van der Waals surface area contributed by atoms with E-state index in [1.807, 2.05) is 13.1 Å². The Morgan fingerprint density at radius 3 is 3.00 bits per heavy atom. The van der Waals surface area contributed by atoms with Crippen LogP contribution < -0.4 is 5.32 Å². The number of aromatic amines is 1. The summed E-state index contributed by atoms with van der Waals surface area (Å²) in [6, 6.07) is 0. The molecule has 0 radical (unpaired) electrons. The summed E-state index contributed by atoms with van der Waals surface area (Å²) in [6.45, 7) is 6.66. The summed E-state index contributed by atoms with van der Waals surface area (Å²) >= 11 is 0. The number of aromatic nitrogens is 2. The summed E-state index contributed by atoms with van der Waals surface area (Å²) in [7, 11) is 0. The Morgan fingerprint density at radius 2 is 2.46 bits per heavy atom. The molecule has 1 atom stereocenters. The maximum atomic E-state index is 5.76. The van der Waals surface area contributed by atoms with Crippen LogP contribution in [0.4, 0.5) is 0 Å². The van der Waals surface area contributed by atoms with Gasteiger partial charge in [0.05, 0.1) is 18.5 Å². The minimum absolute atomic E-state index is 0.237. The van der Waals surface area contributed by atoms with Crippen molar-refractivity contribution in [3.05, 3.63) is 17.5 Å². The first-order chi connectivity index (χ1) is 6.22. The highest BCUT2D eigenvalue weighted by Gasteiger charge is 2.32. The summed E-state index contributed by atoms with van der Waals surface area (Å²) in [5, 5.41) is 10.3. The van der Waals surface area contributed by atoms with Crippen molar-refractivity contribution in [1.29, 1.82) is 0 Å². The Kier molecular flexibility index (Phi) is 2.09. The number of nitrogens with zero attached hydrogens (tertiary/aromatic N) is 1. The van der Waals surface area contributed by atoms with E-state index in [-0.39, 0.29) is 5.60 Å². The zero-order chi connectivity index (χ0) is 9.31. The molecule has 0 bridgehead atoms. The number of hydrogen-bond donors (Lipinski definition) is 2. The molecule has 2 heterocycles. The van der Waals surface area contributed by atoms with Gasteiger partial charge in [-0.05, 0) is 19.4 Å². The predicted molar refractivity (Wildman–Crippen MR) is 49.5 cm³/mol. The van der Waals surface area contributed by atoms with Crippen LogP contribution in [0.5, 0.6) is 0 Å². The first-order valence-electron chi connectivity index (χ1n) is 4.57. The molecule has 4 nitrogen and oxygen atoms in total. The first kappa shape index (κ1) is 8.72. The molecule has 13 heavy (non-hydrogen) atoms. The van der Waals surface area contributed by atoms with Gasteiger partial charge in [0.15, 0.2) is 0 Å². The molecule has 0 spiro atoms. The molecule has 0 amide bonds. The molecule has 0 aromatic carbocycles. The highest BCUT2D eigenvalue weighted by Crippen LogP contribution is 2.26. The lowest BCUT2D eigenvalue weighted by atomic mass is 9.98. The molecule has 1 fully saturated rings. The van der Waals surface area contributed by atoms with Crippen molar-refractivity contribution in [1.82, 2.24) is 15.5 Å². The van der Waals surface area contributed by atoms with Crippen LogP contribution >= 0.6 is 0 Å². The van der Waals surface area contributed by atoms with E-state index in [1.54, 1.807) is 0 Å². The molecule has 72 valence electrons. The van der Waals surface area contributed by atoms with Gasteiger partial charge in [0.2, 0.25) is 0 Å². The van der Waals surface area contributed by atoms with Gasteiger partial charge in [-0.2, -0.15) is 5.10 Å². The molecular formula is C9H15N3O. The highest BCUT2D eigenvalue weighted by molar-refractivity contribution is 5.21. The van der Waals surface area contributed by atoms with Crippen molar-refractivity contribution in [3.8, 4) is 0 Å². The van der Waals surface area contributed by atoms with Gasteiger partial charge in [-0.25, -0.2) is 0 Å². The fourth-order valence-corrected chi connectivity index (χ4v) is 1.77. The number of ether oxygens (including phenoxy) is 1. The fourth-order valence-electron chi connectivity index (χ4n) is 1.77. The molecule has 1 aliphatic heterocycles. The molecule has 1 saturated heterocycles. The Bertz CT molecular complexity index is 289. The van der Waals surface area contributed by atoms with E-state index in [4.69, 9.17) is 4.74 Å². The van der Waals surface area contributed by atoms with Crippen LogP contribution in [0, 0.1) is 6.92 Å². The standard InChI is InChI=1S/C9H15N3O/c1-7-5-11-12-8(7)9(2)6-10-3-4-13-9/h5,10H,3-4,6H2,1-2H3,(H,11,12). The van der Waals surface area contributed by atoms with E-state index < -0.39 is 0 Å². The van der Waals surface area contributed by atoms with Crippen LogP contribution in [0.25, 0.3) is 0 Å². The summed E-state index contributed by atoms with van der Waals surface area (Å²) in [4.78, 5) is 0. The number of aryl methyl sites for hydroxylation is 1. The maximum Gasteiger partial charge on any atom is 0.119 e. The Hall–Kier alpha value is -0.870. The Morgan fingerprint density at radius 1 is 1.62 bits per heavy atom. The number of hydrogen-bond acceptors (Lipinski definition) is 3. The second-order valence-corrected chi connectivity index (χ2v) is 3.68. The average Bonchev–Trinajstić information content (AvgIpc) is 2.53. The first-order valence-corrected chi connectivity index (χ1v) is 4.57. The number of rotatable bonds is 1. The van der Waals surface area contributed by atoms with Gasteiger partial charge in [0.1, 0.15) is 5.60 Å². The summed E-state index contributed by atoms with van der Waals surface area (Å²) < 4.78 is 5.76. The molecule has 1 aliphatic rings. The third kappa shape index (κ3) is 1.47. The molecule has 0 saturated carbocycles. The normalized spacial score (nSPS) is 29.1. The lowest BCUT2D eigenvalue weighted by Gasteiger charge is -2.33. The van der Waals surface area contributed by atoms with Gasteiger partial charge in [0, 0.05) is 13.1 Å². The van der Waals surface area contributed by atoms with E-state index in [1.165, 1.54) is 0 Å². The third-order valence-electron chi connectivity index (χ3n) is 2.52. The molecular weight excluding hydrogens is 166 g/mol. The number of nitrogens with one attached hydrogen (secondary N) is 2. The van der Waals surface area contributed by atoms with Crippen LogP contribution in [-0.2, 0) is 10.3 Å². The summed E-state index contributed by atoms with van der Waals surface area (Å²) in [5.41, 5.74) is 2.00. The second-order valence-electron chi connectivity index (χ2n) is 3.68. The second kappa shape index (κ2) is 3.12. The lowest BCUT2D eigenvalue weighted by molar-refractivity contribution is -0.0605.